The first-order chi connectivity index (χ1) is 16.6. The lowest BCUT2D eigenvalue weighted by atomic mass is 10.1. The molecule has 0 aliphatic carbocycles. The van der Waals surface area contributed by atoms with E-state index < -0.39 is 7.14 Å². The molecule has 8 heteroatoms. The van der Waals surface area contributed by atoms with Gasteiger partial charge in [0.05, 0.1) is 39.6 Å². The van der Waals surface area contributed by atoms with Gasteiger partial charge >= 0.3 is 0 Å². The Hall–Kier alpha value is -3.83. The van der Waals surface area contributed by atoms with E-state index in [1.807, 2.05) is 60.7 Å². The molecule has 0 saturated carbocycles. The summed E-state index contributed by atoms with van der Waals surface area (Å²) in [6.45, 7) is 0. The zero-order valence-corrected chi connectivity index (χ0v) is 20.3. The van der Waals surface area contributed by atoms with Crippen molar-refractivity contribution in [2.45, 2.75) is 0 Å². The van der Waals surface area contributed by atoms with E-state index in [1.165, 1.54) is 28.4 Å². The van der Waals surface area contributed by atoms with Gasteiger partial charge in [-0.3, -0.25) is 0 Å². The number of nitrogens with zero attached hydrogens (tertiary/aromatic N) is 2. The van der Waals surface area contributed by atoms with Crippen molar-refractivity contribution < 1.29 is 23.5 Å². The van der Waals surface area contributed by atoms with Crippen LogP contribution in [0.1, 0.15) is 0 Å². The molecule has 4 rings (SSSR count). The minimum absolute atomic E-state index is 0.242. The van der Waals surface area contributed by atoms with Gasteiger partial charge in [0.1, 0.15) is 0 Å². The summed E-state index contributed by atoms with van der Waals surface area (Å²) in [5.74, 6) is 1.20. The first kappa shape index (κ1) is 23.3. The molecule has 0 saturated heterocycles. The van der Waals surface area contributed by atoms with Crippen LogP contribution < -0.4 is 34.9 Å². The lowest BCUT2D eigenvalue weighted by Crippen LogP contribution is -2.27. The van der Waals surface area contributed by atoms with Crippen LogP contribution in [0, 0.1) is 0 Å². The number of hydrogen-bond donors (Lipinski definition) is 0. The van der Waals surface area contributed by atoms with Crippen molar-refractivity contribution in [2.75, 3.05) is 28.4 Å². The molecule has 0 aliphatic heterocycles. The molecule has 0 spiro atoms. The highest BCUT2D eigenvalue weighted by atomic mass is 31.2. The van der Waals surface area contributed by atoms with E-state index in [-0.39, 0.29) is 11.8 Å². The quantitative estimate of drug-likeness (QED) is 0.358. The van der Waals surface area contributed by atoms with Gasteiger partial charge in [0.25, 0.3) is 0 Å². The van der Waals surface area contributed by atoms with Crippen molar-refractivity contribution in [3.63, 3.8) is 0 Å². The summed E-state index contributed by atoms with van der Waals surface area (Å²) in [6, 6.07) is 23.9. The smallest absolute Gasteiger partial charge is 0.225 e. The predicted octanol–water partition coefficient (Wildman–Crippen LogP) is 3.82. The Bertz CT molecular complexity index is 1290. The number of aromatic nitrogens is 2. The van der Waals surface area contributed by atoms with Gasteiger partial charge in [-0.05, 0) is 6.07 Å². The Morgan fingerprint density at radius 3 is 1.65 bits per heavy atom. The number of rotatable bonds is 8. The van der Waals surface area contributed by atoms with E-state index in [4.69, 9.17) is 18.9 Å². The highest BCUT2D eigenvalue weighted by Gasteiger charge is 2.36. The topological polar surface area (TPSA) is 79.8 Å². The van der Waals surface area contributed by atoms with Gasteiger partial charge in [-0.15, -0.1) is 0 Å². The predicted molar refractivity (Wildman–Crippen MR) is 133 cm³/mol. The van der Waals surface area contributed by atoms with E-state index in [2.05, 4.69) is 9.97 Å². The lowest BCUT2D eigenvalue weighted by molar-refractivity contribution is 0.361. The molecular formula is C26H25N2O5P. The minimum atomic E-state index is -3.42. The van der Waals surface area contributed by atoms with Crippen molar-refractivity contribution in [3.8, 4) is 34.6 Å². The Morgan fingerprint density at radius 2 is 1.15 bits per heavy atom. The van der Waals surface area contributed by atoms with Crippen molar-refractivity contribution in [2.24, 2.45) is 0 Å². The molecular weight excluding hydrogens is 451 g/mol. The van der Waals surface area contributed by atoms with Crippen molar-refractivity contribution in [3.05, 3.63) is 78.9 Å². The van der Waals surface area contributed by atoms with Crippen LogP contribution in [0.15, 0.2) is 78.9 Å². The molecule has 0 fully saturated rings. The van der Waals surface area contributed by atoms with Crippen molar-refractivity contribution in [1.82, 2.24) is 9.97 Å². The van der Waals surface area contributed by atoms with Gasteiger partial charge in [-0.1, -0.05) is 60.7 Å². The number of methoxy groups -OCH3 is 4. The number of benzene rings is 2. The molecule has 2 heterocycles. The van der Waals surface area contributed by atoms with E-state index >= 15 is 4.57 Å². The van der Waals surface area contributed by atoms with Crippen LogP contribution in [-0.4, -0.2) is 38.4 Å². The SMILES string of the molecule is COc1ccc(-c2c(P(=O)(c3ccccc3)c3ccccc3)cc(OC)nc2OC)c(OC)n1. The van der Waals surface area contributed by atoms with Crippen LogP contribution in [-0.2, 0) is 4.57 Å². The van der Waals surface area contributed by atoms with Gasteiger partial charge in [0.15, 0.2) is 7.14 Å². The zero-order chi connectivity index (χ0) is 24.1. The Kier molecular flexibility index (Phi) is 6.85. The number of pyridine rings is 2. The fourth-order valence-corrected chi connectivity index (χ4v) is 6.69. The molecule has 0 radical (unpaired) electrons. The number of ether oxygens (including phenoxy) is 4. The summed E-state index contributed by atoms with van der Waals surface area (Å²) < 4.78 is 37.2. The second-order valence-electron chi connectivity index (χ2n) is 7.26. The molecule has 0 aliphatic rings. The molecule has 0 amide bonds. The van der Waals surface area contributed by atoms with E-state index in [0.29, 0.717) is 38.8 Å². The Labute approximate surface area is 198 Å². The molecule has 7 nitrogen and oxygen atoms in total. The molecule has 174 valence electrons. The largest absolute Gasteiger partial charge is 0.481 e. The fourth-order valence-electron chi connectivity index (χ4n) is 3.83. The molecule has 2 aromatic carbocycles. The lowest BCUT2D eigenvalue weighted by Gasteiger charge is -2.24. The van der Waals surface area contributed by atoms with Crippen LogP contribution in [0.4, 0.5) is 0 Å². The maximum atomic E-state index is 15.2. The molecule has 0 N–H and O–H groups in total. The molecule has 0 bridgehead atoms. The normalized spacial score (nSPS) is 11.1. The van der Waals surface area contributed by atoms with E-state index in [0.717, 1.165) is 0 Å². The van der Waals surface area contributed by atoms with Gasteiger partial charge in [-0.25, -0.2) is 0 Å². The van der Waals surface area contributed by atoms with Crippen LogP contribution in [0.3, 0.4) is 0 Å². The van der Waals surface area contributed by atoms with Crippen LogP contribution in [0.2, 0.25) is 0 Å². The van der Waals surface area contributed by atoms with Crippen LogP contribution >= 0.6 is 7.14 Å². The maximum absolute atomic E-state index is 15.2. The highest BCUT2D eigenvalue weighted by molar-refractivity contribution is 7.85. The van der Waals surface area contributed by atoms with Gasteiger partial charge < -0.3 is 23.5 Å². The van der Waals surface area contributed by atoms with Crippen molar-refractivity contribution in [1.29, 1.82) is 0 Å². The monoisotopic (exact) mass is 476 g/mol. The van der Waals surface area contributed by atoms with Crippen LogP contribution in [0.5, 0.6) is 23.5 Å². The third kappa shape index (κ3) is 4.11. The molecule has 0 unspecified atom stereocenters. The molecule has 4 aromatic rings. The summed E-state index contributed by atoms with van der Waals surface area (Å²) in [6.07, 6.45) is 0. The first-order valence-electron chi connectivity index (χ1n) is 10.5. The fraction of sp³-hybridized carbons (Fsp3) is 0.154. The summed E-state index contributed by atoms with van der Waals surface area (Å²) in [4.78, 5) is 8.91. The average Bonchev–Trinajstić information content (AvgIpc) is 2.92. The standard InChI is InChI=1S/C26H25N2O5P/c1-30-22-16-15-20(25(27-22)32-3)24-21(17-23(31-2)28-26(24)33-4)34(29,18-11-7-5-8-12-18)19-13-9-6-10-14-19/h5-17H,1-4H3. The third-order valence-corrected chi connectivity index (χ3v) is 8.51. The minimum Gasteiger partial charge on any atom is -0.481 e. The van der Waals surface area contributed by atoms with Gasteiger partial charge in [0, 0.05) is 28.0 Å². The number of hydrogen-bond acceptors (Lipinski definition) is 7. The second-order valence-corrected chi connectivity index (χ2v) is 9.99. The zero-order valence-electron chi connectivity index (χ0n) is 19.4. The van der Waals surface area contributed by atoms with E-state index in [9.17, 15) is 0 Å². The van der Waals surface area contributed by atoms with Gasteiger partial charge in [-0.2, -0.15) is 9.97 Å². The van der Waals surface area contributed by atoms with E-state index in [1.54, 1.807) is 18.2 Å². The highest BCUT2D eigenvalue weighted by Crippen LogP contribution is 2.49. The third-order valence-electron chi connectivity index (χ3n) is 5.43. The second kappa shape index (κ2) is 9.98. The van der Waals surface area contributed by atoms with Gasteiger partial charge in [0.2, 0.25) is 23.5 Å². The Balaban J connectivity index is 2.15. The summed E-state index contributed by atoms with van der Waals surface area (Å²) in [5.41, 5.74) is 1.07. The summed E-state index contributed by atoms with van der Waals surface area (Å²) in [5, 5.41) is 1.83. The molecule has 0 atom stereocenters. The maximum Gasteiger partial charge on any atom is 0.225 e. The first-order valence-corrected chi connectivity index (χ1v) is 12.2. The van der Waals surface area contributed by atoms with Crippen molar-refractivity contribution >= 4 is 23.1 Å². The summed E-state index contributed by atoms with van der Waals surface area (Å²) >= 11 is 0. The Morgan fingerprint density at radius 1 is 0.618 bits per heavy atom. The molecule has 34 heavy (non-hydrogen) atoms. The summed E-state index contributed by atoms with van der Waals surface area (Å²) in [7, 11) is 2.64. The average molecular weight is 476 g/mol. The van der Waals surface area contributed by atoms with Crippen LogP contribution in [0.25, 0.3) is 11.1 Å². The molecule has 2 aromatic heterocycles.